The van der Waals surface area contributed by atoms with Gasteiger partial charge in [-0.3, -0.25) is 0 Å². The van der Waals surface area contributed by atoms with E-state index in [1.54, 1.807) is 0 Å². The van der Waals surface area contributed by atoms with Crippen molar-refractivity contribution in [3.8, 4) is 5.75 Å². The number of nitrogens with zero attached hydrogens (tertiary/aromatic N) is 1. The number of anilines is 1. The van der Waals surface area contributed by atoms with E-state index in [0.29, 0.717) is 15.2 Å². The van der Waals surface area contributed by atoms with Gasteiger partial charge in [-0.2, -0.15) is 0 Å². The van der Waals surface area contributed by atoms with Crippen LogP contribution < -0.4 is 14.9 Å². The van der Waals surface area contributed by atoms with Gasteiger partial charge in [0, 0.05) is 29.5 Å². The lowest BCUT2D eigenvalue weighted by atomic mass is 9.80. The number of unbranched alkanes of at least 4 members (excludes halogenated alkanes) is 2. The number of hydrogen-bond acceptors (Lipinski definition) is 2. The molecule has 0 aliphatic carbocycles. The van der Waals surface area contributed by atoms with Gasteiger partial charge in [0.2, 0.25) is 0 Å². The molecule has 0 N–H and O–H groups in total. The number of rotatable bonds is 12. The van der Waals surface area contributed by atoms with E-state index in [-0.39, 0.29) is 10.6 Å². The van der Waals surface area contributed by atoms with E-state index in [0.717, 1.165) is 12.2 Å². The van der Waals surface area contributed by atoms with Gasteiger partial charge >= 0.3 is 0 Å². The van der Waals surface area contributed by atoms with Crippen LogP contribution in [0.2, 0.25) is 0 Å². The molecule has 1 aliphatic rings. The molecule has 41 heavy (non-hydrogen) atoms. The van der Waals surface area contributed by atoms with Crippen LogP contribution in [0, 0.1) is 13.8 Å². The van der Waals surface area contributed by atoms with Gasteiger partial charge in [0.05, 0.1) is 0 Å². The normalized spacial score (nSPS) is 15.8. The van der Waals surface area contributed by atoms with E-state index in [4.69, 9.17) is 4.74 Å². The highest BCUT2D eigenvalue weighted by atomic mass is 31.1. The molecule has 1 aliphatic heterocycles. The summed E-state index contributed by atoms with van der Waals surface area (Å²) in [6.07, 6.45) is 10.0. The summed E-state index contributed by atoms with van der Waals surface area (Å²) in [6, 6.07) is 22.8. The molecule has 0 radical (unpaired) electrons. The molecular formula is C38H54NOP. The Morgan fingerprint density at radius 1 is 0.854 bits per heavy atom. The quantitative estimate of drug-likeness (QED) is 0.158. The Bertz CT molecular complexity index is 1260. The summed E-state index contributed by atoms with van der Waals surface area (Å²) in [4.78, 5) is 2.68. The van der Waals surface area contributed by atoms with E-state index in [9.17, 15) is 0 Å². The molecule has 1 fully saturated rings. The summed E-state index contributed by atoms with van der Waals surface area (Å²) >= 11 is 0. The summed E-state index contributed by atoms with van der Waals surface area (Å²) in [7, 11) is 0.696. The second-order valence-corrected chi connectivity index (χ2v) is 15.0. The molecule has 0 aromatic heterocycles. The first kappa shape index (κ1) is 31.6. The third-order valence-corrected chi connectivity index (χ3v) is 11.0. The van der Waals surface area contributed by atoms with Gasteiger partial charge in [0.25, 0.3) is 0 Å². The Labute approximate surface area is 253 Å². The highest BCUT2D eigenvalue weighted by Crippen LogP contribution is 2.53. The lowest BCUT2D eigenvalue weighted by Crippen LogP contribution is -2.33. The molecule has 1 saturated heterocycles. The predicted molar refractivity (Wildman–Crippen MR) is 182 cm³/mol. The van der Waals surface area contributed by atoms with Crippen molar-refractivity contribution in [2.24, 2.45) is 0 Å². The number of benzene rings is 3. The van der Waals surface area contributed by atoms with Crippen molar-refractivity contribution in [2.75, 3.05) is 18.0 Å². The van der Waals surface area contributed by atoms with Crippen LogP contribution >= 0.6 is 8.58 Å². The van der Waals surface area contributed by atoms with E-state index in [2.05, 4.69) is 114 Å². The zero-order valence-electron chi connectivity index (χ0n) is 26.9. The van der Waals surface area contributed by atoms with Gasteiger partial charge in [-0.25, -0.2) is 0 Å². The molecule has 0 bridgehead atoms. The Hall–Kier alpha value is -2.31. The first-order chi connectivity index (χ1) is 19.7. The monoisotopic (exact) mass is 571 g/mol. The average molecular weight is 572 g/mol. The lowest BCUT2D eigenvalue weighted by molar-refractivity contribution is 0.295. The van der Waals surface area contributed by atoms with Crippen LogP contribution in [0.25, 0.3) is 0 Å². The lowest BCUT2D eigenvalue weighted by Gasteiger charge is -2.39. The van der Waals surface area contributed by atoms with Gasteiger partial charge in [0.1, 0.15) is 12.4 Å². The van der Waals surface area contributed by atoms with Crippen LogP contribution in [0.3, 0.4) is 0 Å². The largest absolute Gasteiger partial charge is 0.488 e. The van der Waals surface area contributed by atoms with Crippen LogP contribution in [0.4, 0.5) is 5.69 Å². The molecule has 0 spiro atoms. The van der Waals surface area contributed by atoms with Crippen molar-refractivity contribution in [2.45, 2.75) is 117 Å². The molecule has 1 heterocycles. The molecule has 3 aromatic rings. The Kier molecular flexibility index (Phi) is 11.0. The average Bonchev–Trinajstić information content (AvgIpc) is 2.97. The zero-order valence-corrected chi connectivity index (χ0v) is 27.9. The van der Waals surface area contributed by atoms with Crippen LogP contribution in [-0.2, 0) is 17.2 Å². The fourth-order valence-corrected chi connectivity index (χ4v) is 8.12. The van der Waals surface area contributed by atoms with Crippen molar-refractivity contribution in [1.82, 2.24) is 0 Å². The summed E-state index contributed by atoms with van der Waals surface area (Å²) in [5, 5.41) is 1.57. The fourth-order valence-electron chi connectivity index (χ4n) is 6.28. The number of piperidine rings is 1. The summed E-state index contributed by atoms with van der Waals surface area (Å²) in [5.74, 6) is 1.11. The summed E-state index contributed by atoms with van der Waals surface area (Å²) in [5.41, 5.74) is 8.25. The Morgan fingerprint density at radius 3 is 2.24 bits per heavy atom. The van der Waals surface area contributed by atoms with E-state index >= 15 is 0 Å². The van der Waals surface area contributed by atoms with Gasteiger partial charge in [0.15, 0.2) is 0 Å². The Balaban J connectivity index is 1.86. The van der Waals surface area contributed by atoms with E-state index in [1.165, 1.54) is 96.8 Å². The standard InChI is InChI=1S/C38H54NOP/c1-8-10-15-22-38(9-2,41-35-21-20-29(3)25-34(35)39-23-16-12-17-24-39)33-27-32(37(5,6)7)26-30(4)36(33)40-28-31-18-13-11-14-19-31/h11,13-14,18-21,25-27,41H,8-10,12,15-17,22-24,28H2,1-7H3. The number of aryl methyl sites for hydroxylation is 2. The highest BCUT2D eigenvalue weighted by Gasteiger charge is 2.36. The van der Waals surface area contributed by atoms with Gasteiger partial charge in [-0.1, -0.05) is 117 Å². The van der Waals surface area contributed by atoms with Crippen LogP contribution in [0.1, 0.15) is 114 Å². The minimum Gasteiger partial charge on any atom is -0.488 e. The molecule has 3 aromatic carbocycles. The molecular weight excluding hydrogens is 517 g/mol. The van der Waals surface area contributed by atoms with Crippen molar-refractivity contribution in [1.29, 1.82) is 0 Å². The molecule has 222 valence electrons. The second-order valence-electron chi connectivity index (χ2n) is 13.3. The van der Waals surface area contributed by atoms with Gasteiger partial charge in [-0.05, 0) is 85.0 Å². The molecule has 2 atom stereocenters. The molecule has 2 nitrogen and oxygen atoms in total. The molecule has 3 heteroatoms. The maximum absolute atomic E-state index is 6.83. The maximum Gasteiger partial charge on any atom is 0.126 e. The van der Waals surface area contributed by atoms with Crippen LogP contribution in [-0.4, -0.2) is 13.1 Å². The number of hydrogen-bond donors (Lipinski definition) is 0. The zero-order chi connectivity index (χ0) is 29.5. The van der Waals surface area contributed by atoms with Gasteiger partial charge in [-0.15, -0.1) is 0 Å². The first-order valence-electron chi connectivity index (χ1n) is 16.1. The third kappa shape index (κ3) is 7.95. The third-order valence-electron chi connectivity index (χ3n) is 8.92. The minimum absolute atomic E-state index is 0.0347. The summed E-state index contributed by atoms with van der Waals surface area (Å²) < 4.78 is 6.83. The van der Waals surface area contributed by atoms with E-state index < -0.39 is 0 Å². The fraction of sp³-hybridized carbons (Fsp3) is 0.526. The number of ether oxygens (including phenoxy) is 1. The predicted octanol–water partition coefficient (Wildman–Crippen LogP) is 10.4. The van der Waals surface area contributed by atoms with Crippen molar-refractivity contribution in [3.05, 3.63) is 88.5 Å². The highest BCUT2D eigenvalue weighted by molar-refractivity contribution is 7.49. The SMILES string of the molecule is CCCCCC(CC)(Pc1ccc(C)cc1N1CCCCC1)c1cc(C(C)(C)C)cc(C)c1OCc1ccccc1. The maximum atomic E-state index is 6.83. The van der Waals surface area contributed by atoms with Crippen molar-refractivity contribution < 1.29 is 4.74 Å². The van der Waals surface area contributed by atoms with Crippen molar-refractivity contribution in [3.63, 3.8) is 0 Å². The molecule has 0 amide bonds. The topological polar surface area (TPSA) is 12.5 Å². The van der Waals surface area contributed by atoms with Gasteiger partial charge < -0.3 is 9.64 Å². The smallest absolute Gasteiger partial charge is 0.126 e. The summed E-state index contributed by atoms with van der Waals surface area (Å²) in [6.45, 7) is 19.3. The van der Waals surface area contributed by atoms with E-state index in [1.807, 2.05) is 0 Å². The molecule has 4 rings (SSSR count). The van der Waals surface area contributed by atoms with Crippen LogP contribution in [0.5, 0.6) is 5.75 Å². The van der Waals surface area contributed by atoms with Crippen LogP contribution in [0.15, 0.2) is 60.7 Å². The molecule has 2 unspecified atom stereocenters. The second kappa shape index (κ2) is 14.2. The Morgan fingerprint density at radius 2 is 1.59 bits per heavy atom. The minimum atomic E-state index is 0.0347. The first-order valence-corrected chi connectivity index (χ1v) is 17.1. The molecule has 0 saturated carbocycles. The van der Waals surface area contributed by atoms with Crippen molar-refractivity contribution >= 4 is 19.6 Å².